The van der Waals surface area contributed by atoms with Gasteiger partial charge in [0.2, 0.25) is 0 Å². The molecule has 0 aliphatic heterocycles. The molecule has 7 nitrogen and oxygen atoms in total. The van der Waals surface area contributed by atoms with Gasteiger partial charge in [0.25, 0.3) is 16.0 Å². The molecule has 1 rings (SSSR count). The maximum Gasteiger partial charge on any atom is 0.276 e. The summed E-state index contributed by atoms with van der Waals surface area (Å²) in [4.78, 5) is 0. The number of aromatic nitrogens is 2. The van der Waals surface area contributed by atoms with E-state index in [2.05, 4.69) is 14.4 Å². The van der Waals surface area contributed by atoms with Crippen molar-refractivity contribution < 1.29 is 22.1 Å². The molecule has 1 heterocycles. The van der Waals surface area contributed by atoms with Crippen LogP contribution in [-0.4, -0.2) is 38.1 Å². The minimum absolute atomic E-state index is 0.182. The maximum absolute atomic E-state index is 10.9. The Bertz CT molecular complexity index is 489. The van der Waals surface area contributed by atoms with Gasteiger partial charge >= 0.3 is 0 Å². The molecule has 0 fully saturated rings. The largest absolute Gasteiger partial charge is 0.488 e. The molecule has 1 aromatic rings. The van der Waals surface area contributed by atoms with Crippen LogP contribution in [0.25, 0.3) is 0 Å². The molecule has 0 radical (unpaired) electrons. The summed E-state index contributed by atoms with van der Waals surface area (Å²) >= 11 is 0. The molecule has 0 amide bonds. The first-order valence-electron chi connectivity index (χ1n) is 5.42. The molecule has 0 aliphatic carbocycles. The van der Waals surface area contributed by atoms with Crippen LogP contribution in [0.3, 0.4) is 0 Å². The van der Waals surface area contributed by atoms with Crippen molar-refractivity contribution in [1.82, 2.24) is 10.2 Å². The predicted octanol–water partition coefficient (Wildman–Crippen LogP) is 0.750. The third kappa shape index (κ3) is 4.84. The van der Waals surface area contributed by atoms with Crippen LogP contribution >= 0.6 is 0 Å². The standard InChI is InChI=1S/C10H16N2O5S/c1-4-15-9-6-8(7-17-18(3,13)14)11-12-10(9)16-5-2/h6H,4-5,7H2,1-3H3. The molecule has 0 atom stereocenters. The maximum atomic E-state index is 10.9. The topological polar surface area (TPSA) is 87.6 Å². The summed E-state index contributed by atoms with van der Waals surface area (Å²) in [5, 5.41) is 7.61. The van der Waals surface area contributed by atoms with Gasteiger partial charge < -0.3 is 9.47 Å². The minimum Gasteiger partial charge on any atom is -0.488 e. The number of nitrogens with zero attached hydrogens (tertiary/aromatic N) is 2. The summed E-state index contributed by atoms with van der Waals surface area (Å²) in [6.07, 6.45) is 0.971. The lowest BCUT2D eigenvalue weighted by atomic mass is 10.4. The van der Waals surface area contributed by atoms with Gasteiger partial charge in [-0.05, 0) is 13.8 Å². The summed E-state index contributed by atoms with van der Waals surface area (Å²) < 4.78 is 36.9. The fourth-order valence-corrected chi connectivity index (χ4v) is 1.47. The monoisotopic (exact) mass is 276 g/mol. The van der Waals surface area contributed by atoms with Crippen molar-refractivity contribution in [2.24, 2.45) is 0 Å². The van der Waals surface area contributed by atoms with Crippen LogP contribution in [0, 0.1) is 0 Å². The summed E-state index contributed by atoms with van der Waals surface area (Å²) in [6.45, 7) is 4.34. The molecule has 0 unspecified atom stereocenters. The number of ether oxygens (including phenoxy) is 2. The summed E-state index contributed by atoms with van der Waals surface area (Å²) in [5.41, 5.74) is 0.354. The normalized spacial score (nSPS) is 11.3. The van der Waals surface area contributed by atoms with E-state index in [1.807, 2.05) is 13.8 Å². The molecule has 0 bridgehead atoms. The third-order valence-corrected chi connectivity index (χ3v) is 2.33. The van der Waals surface area contributed by atoms with Gasteiger partial charge in [-0.15, -0.1) is 10.2 Å². The van der Waals surface area contributed by atoms with Crippen LogP contribution < -0.4 is 9.47 Å². The van der Waals surface area contributed by atoms with E-state index in [0.717, 1.165) is 6.26 Å². The van der Waals surface area contributed by atoms with Gasteiger partial charge in [-0.3, -0.25) is 4.18 Å². The fraction of sp³-hybridized carbons (Fsp3) is 0.600. The zero-order valence-electron chi connectivity index (χ0n) is 10.5. The van der Waals surface area contributed by atoms with Crippen molar-refractivity contribution >= 4 is 10.1 Å². The van der Waals surface area contributed by atoms with Gasteiger partial charge in [0, 0.05) is 6.07 Å². The van der Waals surface area contributed by atoms with E-state index >= 15 is 0 Å². The zero-order chi connectivity index (χ0) is 13.6. The third-order valence-electron chi connectivity index (χ3n) is 1.78. The zero-order valence-corrected chi connectivity index (χ0v) is 11.4. The van der Waals surface area contributed by atoms with E-state index < -0.39 is 10.1 Å². The minimum atomic E-state index is -3.51. The fourth-order valence-electron chi connectivity index (χ4n) is 1.13. The summed E-state index contributed by atoms with van der Waals surface area (Å²) in [5.74, 6) is 0.698. The Morgan fingerprint density at radius 2 is 1.83 bits per heavy atom. The molecule has 0 aliphatic rings. The number of rotatable bonds is 7. The van der Waals surface area contributed by atoms with E-state index in [-0.39, 0.29) is 12.5 Å². The Morgan fingerprint density at radius 3 is 2.39 bits per heavy atom. The molecule has 102 valence electrons. The second kappa shape index (κ2) is 6.50. The van der Waals surface area contributed by atoms with E-state index in [9.17, 15) is 8.42 Å². The molecule has 0 N–H and O–H groups in total. The first kappa shape index (κ1) is 14.7. The molecule has 0 saturated carbocycles. The van der Waals surface area contributed by atoms with Crippen molar-refractivity contribution in [3.8, 4) is 11.6 Å². The molecule has 0 spiro atoms. The highest BCUT2D eigenvalue weighted by Crippen LogP contribution is 2.24. The van der Waals surface area contributed by atoms with Gasteiger partial charge in [-0.2, -0.15) is 8.42 Å². The Kier molecular flexibility index (Phi) is 5.29. The van der Waals surface area contributed by atoms with E-state index in [4.69, 9.17) is 9.47 Å². The highest BCUT2D eigenvalue weighted by molar-refractivity contribution is 7.85. The van der Waals surface area contributed by atoms with Crippen molar-refractivity contribution in [3.05, 3.63) is 11.8 Å². The lowest BCUT2D eigenvalue weighted by molar-refractivity contribution is 0.268. The lowest BCUT2D eigenvalue weighted by Gasteiger charge is -2.09. The Labute approximate surface area is 106 Å². The highest BCUT2D eigenvalue weighted by Gasteiger charge is 2.11. The quantitative estimate of drug-likeness (QED) is 0.679. The highest BCUT2D eigenvalue weighted by atomic mass is 32.2. The first-order valence-corrected chi connectivity index (χ1v) is 7.24. The van der Waals surface area contributed by atoms with Crippen molar-refractivity contribution in [2.75, 3.05) is 19.5 Å². The molecule has 18 heavy (non-hydrogen) atoms. The van der Waals surface area contributed by atoms with Gasteiger partial charge in [0.15, 0.2) is 5.75 Å². The van der Waals surface area contributed by atoms with E-state index in [1.165, 1.54) is 0 Å². The molecule has 1 aromatic heterocycles. The van der Waals surface area contributed by atoms with Crippen LogP contribution in [0.1, 0.15) is 19.5 Å². The second-order valence-corrected chi connectivity index (χ2v) is 4.98. The average Bonchev–Trinajstić information content (AvgIpc) is 2.29. The Hall–Kier alpha value is -1.41. The lowest BCUT2D eigenvalue weighted by Crippen LogP contribution is -2.07. The van der Waals surface area contributed by atoms with E-state index in [1.54, 1.807) is 6.07 Å². The summed E-state index contributed by atoms with van der Waals surface area (Å²) in [6, 6.07) is 1.55. The van der Waals surface area contributed by atoms with Crippen molar-refractivity contribution in [3.63, 3.8) is 0 Å². The van der Waals surface area contributed by atoms with Gasteiger partial charge in [-0.1, -0.05) is 0 Å². The first-order chi connectivity index (χ1) is 8.46. The van der Waals surface area contributed by atoms with Crippen LogP contribution in [0.15, 0.2) is 6.07 Å². The van der Waals surface area contributed by atoms with Gasteiger partial charge in [0.05, 0.1) is 25.2 Å². The van der Waals surface area contributed by atoms with Crippen LogP contribution in [-0.2, 0) is 20.9 Å². The molecule has 0 aromatic carbocycles. The Balaban J connectivity index is 2.85. The van der Waals surface area contributed by atoms with Crippen LogP contribution in [0.5, 0.6) is 11.6 Å². The molecular formula is C10H16N2O5S. The Morgan fingerprint density at radius 1 is 1.17 bits per heavy atom. The van der Waals surface area contributed by atoms with Crippen molar-refractivity contribution in [2.45, 2.75) is 20.5 Å². The van der Waals surface area contributed by atoms with E-state index in [0.29, 0.717) is 24.7 Å². The molecule has 8 heteroatoms. The molecule has 0 saturated heterocycles. The van der Waals surface area contributed by atoms with Gasteiger partial charge in [0.1, 0.15) is 6.61 Å². The number of hydrogen-bond acceptors (Lipinski definition) is 7. The average molecular weight is 276 g/mol. The number of hydrogen-bond donors (Lipinski definition) is 0. The second-order valence-electron chi connectivity index (χ2n) is 3.34. The summed E-state index contributed by atoms with van der Waals surface area (Å²) in [7, 11) is -3.51. The predicted molar refractivity (Wildman–Crippen MR) is 64.0 cm³/mol. The van der Waals surface area contributed by atoms with Gasteiger partial charge in [-0.25, -0.2) is 0 Å². The smallest absolute Gasteiger partial charge is 0.276 e. The molecular weight excluding hydrogens is 260 g/mol. The van der Waals surface area contributed by atoms with Crippen LogP contribution in [0.2, 0.25) is 0 Å². The van der Waals surface area contributed by atoms with Crippen molar-refractivity contribution in [1.29, 1.82) is 0 Å². The SMILES string of the molecule is CCOc1cc(COS(C)(=O)=O)nnc1OCC. The van der Waals surface area contributed by atoms with Crippen LogP contribution in [0.4, 0.5) is 0 Å².